The van der Waals surface area contributed by atoms with Crippen LogP contribution < -0.4 is 24.4 Å². The zero-order valence-electron chi connectivity index (χ0n) is 24.9. The predicted octanol–water partition coefficient (Wildman–Crippen LogP) is 5.80. The lowest BCUT2D eigenvalue weighted by Crippen LogP contribution is -2.40. The van der Waals surface area contributed by atoms with Gasteiger partial charge in [0.2, 0.25) is 0 Å². The monoisotopic (exact) mass is 638 g/mol. The Morgan fingerprint density at radius 3 is 2.30 bits per heavy atom. The van der Waals surface area contributed by atoms with E-state index in [-0.39, 0.29) is 30.2 Å². The van der Waals surface area contributed by atoms with Gasteiger partial charge in [0, 0.05) is 5.56 Å². The quantitative estimate of drug-likeness (QED) is 0.191. The molecular weight excluding hydrogens is 610 g/mol. The number of thiazole rings is 1. The van der Waals surface area contributed by atoms with Crippen LogP contribution >= 0.6 is 11.3 Å². The number of ether oxygens (including phenoxy) is 3. The Kier molecular flexibility index (Phi) is 8.89. The molecule has 0 N–H and O–H groups in total. The second-order valence-corrected chi connectivity index (χ2v) is 11.3. The van der Waals surface area contributed by atoms with E-state index in [1.807, 2.05) is 30.3 Å². The summed E-state index contributed by atoms with van der Waals surface area (Å²) in [5.41, 5.74) is 2.86. The second-order valence-electron chi connectivity index (χ2n) is 10.3. The number of fused-ring (bicyclic) bond motifs is 1. The average molecular weight is 639 g/mol. The van der Waals surface area contributed by atoms with Crippen LogP contribution in [0.1, 0.15) is 35.2 Å². The smallest absolute Gasteiger partial charge is 0.338 e. The Bertz CT molecular complexity index is 2110. The third kappa shape index (κ3) is 6.25. The van der Waals surface area contributed by atoms with Crippen molar-refractivity contribution >= 4 is 29.1 Å². The normalized spacial score (nSPS) is 14.4. The first-order valence-corrected chi connectivity index (χ1v) is 15.3. The molecule has 4 aromatic carbocycles. The first-order chi connectivity index (χ1) is 22.4. The minimum atomic E-state index is -0.912. The maximum atomic E-state index is 14.1. The van der Waals surface area contributed by atoms with E-state index in [4.69, 9.17) is 19.2 Å². The molecule has 0 fully saturated rings. The van der Waals surface area contributed by atoms with E-state index in [9.17, 15) is 18.4 Å². The number of hydrogen-bond donors (Lipinski definition) is 0. The van der Waals surface area contributed by atoms with Crippen LogP contribution in [0.3, 0.4) is 0 Å². The first-order valence-electron chi connectivity index (χ1n) is 14.5. The standard InChI is InChI=1S/C36H28F2N2O5S/c1-3-44-35(42)31-32(24-7-5-4-6-8-24)39-36-40(33(31)25-12-16-27(38)17-13-25)34(41)30(46-36)20-23-11-18-28(29(19-23)43-2)45-21-22-9-14-26(37)15-10-22/h4-20,33H,3,21H2,1-2H3/b30-20-/t33-/m1/s1. The third-order valence-corrected chi connectivity index (χ3v) is 8.34. The SMILES string of the molecule is CCOC(=O)C1=C(c2ccccc2)N=c2s/c(=C\c3ccc(OCc4ccc(F)cc4)c(OC)c3)c(=O)n2[C@@H]1c1ccc(F)cc1. The van der Waals surface area contributed by atoms with Gasteiger partial charge in [-0.1, -0.05) is 72.0 Å². The number of carbonyl (C=O) groups is 1. The van der Waals surface area contributed by atoms with Crippen LogP contribution in [0.15, 0.2) is 112 Å². The fourth-order valence-corrected chi connectivity index (χ4v) is 6.19. The summed E-state index contributed by atoms with van der Waals surface area (Å²) >= 11 is 1.18. The van der Waals surface area contributed by atoms with Gasteiger partial charge >= 0.3 is 5.97 Å². The number of nitrogens with zero attached hydrogens (tertiary/aromatic N) is 2. The Morgan fingerprint density at radius 1 is 0.935 bits per heavy atom. The molecule has 1 aromatic heterocycles. The lowest BCUT2D eigenvalue weighted by Gasteiger charge is -2.25. The fourth-order valence-electron chi connectivity index (χ4n) is 5.19. The highest BCUT2D eigenvalue weighted by molar-refractivity contribution is 7.07. The number of halogens is 2. The number of esters is 1. The van der Waals surface area contributed by atoms with Crippen LogP contribution in [-0.4, -0.2) is 24.3 Å². The summed E-state index contributed by atoms with van der Waals surface area (Å²) in [5, 5.41) is 0. The van der Waals surface area contributed by atoms with Gasteiger partial charge in [-0.05, 0) is 66.1 Å². The number of carbonyl (C=O) groups excluding carboxylic acids is 1. The Morgan fingerprint density at radius 2 is 1.63 bits per heavy atom. The molecule has 1 aliphatic rings. The van der Waals surface area contributed by atoms with Crippen molar-refractivity contribution in [1.82, 2.24) is 4.57 Å². The maximum absolute atomic E-state index is 14.1. The van der Waals surface area contributed by atoms with Crippen molar-refractivity contribution < 1.29 is 27.8 Å². The van der Waals surface area contributed by atoms with Gasteiger partial charge in [0.15, 0.2) is 16.3 Å². The summed E-state index contributed by atoms with van der Waals surface area (Å²) in [7, 11) is 1.52. The van der Waals surface area contributed by atoms with Gasteiger partial charge in [-0.15, -0.1) is 0 Å². The molecule has 7 nitrogen and oxygen atoms in total. The summed E-state index contributed by atoms with van der Waals surface area (Å²) in [6.45, 7) is 2.04. The molecule has 0 bridgehead atoms. The van der Waals surface area contributed by atoms with Crippen LogP contribution in [0.5, 0.6) is 11.5 Å². The lowest BCUT2D eigenvalue weighted by atomic mass is 9.93. The number of rotatable bonds is 9. The summed E-state index contributed by atoms with van der Waals surface area (Å²) in [4.78, 5) is 32.8. The molecule has 0 saturated heterocycles. The lowest BCUT2D eigenvalue weighted by molar-refractivity contribution is -0.138. The average Bonchev–Trinajstić information content (AvgIpc) is 3.38. The van der Waals surface area contributed by atoms with Crippen LogP contribution in [0.4, 0.5) is 8.78 Å². The molecule has 6 rings (SSSR count). The summed E-state index contributed by atoms with van der Waals surface area (Å²) < 4.78 is 46.0. The van der Waals surface area contributed by atoms with E-state index < -0.39 is 17.8 Å². The van der Waals surface area contributed by atoms with Gasteiger partial charge in [0.05, 0.1) is 35.6 Å². The molecule has 1 aliphatic heterocycles. The molecule has 0 spiro atoms. The third-order valence-electron chi connectivity index (χ3n) is 7.35. The predicted molar refractivity (Wildman–Crippen MR) is 171 cm³/mol. The van der Waals surface area contributed by atoms with Gasteiger partial charge < -0.3 is 14.2 Å². The Labute approximate surface area is 267 Å². The van der Waals surface area contributed by atoms with Gasteiger partial charge in [0.25, 0.3) is 5.56 Å². The number of benzene rings is 4. The number of methoxy groups -OCH3 is 1. The topological polar surface area (TPSA) is 79.1 Å². The van der Waals surface area contributed by atoms with Crippen molar-refractivity contribution in [3.8, 4) is 11.5 Å². The maximum Gasteiger partial charge on any atom is 0.338 e. The zero-order chi connectivity index (χ0) is 32.2. The molecule has 0 amide bonds. The summed E-state index contributed by atoms with van der Waals surface area (Å²) in [6.07, 6.45) is 1.72. The zero-order valence-corrected chi connectivity index (χ0v) is 25.7. The molecule has 1 atom stereocenters. The highest BCUT2D eigenvalue weighted by atomic mass is 32.1. The number of aromatic nitrogens is 1. The highest BCUT2D eigenvalue weighted by Gasteiger charge is 2.35. The van der Waals surface area contributed by atoms with Crippen molar-refractivity contribution in [2.75, 3.05) is 13.7 Å². The van der Waals surface area contributed by atoms with Gasteiger partial charge in [0.1, 0.15) is 18.2 Å². The van der Waals surface area contributed by atoms with Crippen LogP contribution in [0, 0.1) is 11.6 Å². The van der Waals surface area contributed by atoms with E-state index in [2.05, 4.69) is 0 Å². The van der Waals surface area contributed by atoms with E-state index in [1.165, 1.54) is 47.3 Å². The van der Waals surface area contributed by atoms with Crippen molar-refractivity contribution in [3.63, 3.8) is 0 Å². The molecule has 0 radical (unpaired) electrons. The van der Waals surface area contributed by atoms with Crippen molar-refractivity contribution in [2.24, 2.45) is 4.99 Å². The van der Waals surface area contributed by atoms with Gasteiger partial charge in [-0.3, -0.25) is 9.36 Å². The molecule has 5 aromatic rings. The van der Waals surface area contributed by atoms with Crippen LogP contribution in [0.25, 0.3) is 11.8 Å². The largest absolute Gasteiger partial charge is 0.493 e. The van der Waals surface area contributed by atoms with Crippen LogP contribution in [0.2, 0.25) is 0 Å². The molecule has 0 unspecified atom stereocenters. The second kappa shape index (κ2) is 13.3. The molecule has 46 heavy (non-hydrogen) atoms. The summed E-state index contributed by atoms with van der Waals surface area (Å²) in [6, 6.07) is 25.3. The van der Waals surface area contributed by atoms with E-state index >= 15 is 0 Å². The van der Waals surface area contributed by atoms with Crippen molar-refractivity contribution in [1.29, 1.82) is 0 Å². The van der Waals surface area contributed by atoms with E-state index in [0.717, 1.165) is 5.56 Å². The highest BCUT2D eigenvalue weighted by Crippen LogP contribution is 2.35. The van der Waals surface area contributed by atoms with Crippen molar-refractivity contribution in [3.05, 3.63) is 156 Å². The van der Waals surface area contributed by atoms with E-state index in [1.54, 1.807) is 55.5 Å². The molecular formula is C36H28F2N2O5S. The Hall–Kier alpha value is -5.35. The molecule has 0 saturated carbocycles. The summed E-state index contributed by atoms with van der Waals surface area (Å²) in [5.74, 6) is -0.458. The Balaban J connectivity index is 1.46. The molecule has 2 heterocycles. The van der Waals surface area contributed by atoms with Crippen LogP contribution in [-0.2, 0) is 16.1 Å². The fraction of sp³-hybridized carbons (Fsp3) is 0.139. The van der Waals surface area contributed by atoms with Crippen molar-refractivity contribution in [2.45, 2.75) is 19.6 Å². The molecule has 0 aliphatic carbocycles. The van der Waals surface area contributed by atoms with Gasteiger partial charge in [-0.2, -0.15) is 0 Å². The van der Waals surface area contributed by atoms with E-state index in [0.29, 0.717) is 43.2 Å². The molecule has 232 valence electrons. The van der Waals surface area contributed by atoms with Gasteiger partial charge in [-0.25, -0.2) is 18.6 Å². The molecule has 10 heteroatoms. The first kappa shape index (κ1) is 30.7. The minimum Gasteiger partial charge on any atom is -0.493 e. The number of hydrogen-bond acceptors (Lipinski definition) is 7. The minimum absolute atomic E-state index is 0.121.